The van der Waals surface area contributed by atoms with Crippen LogP contribution in [0.3, 0.4) is 0 Å². The molecule has 32 heavy (non-hydrogen) atoms. The Balaban J connectivity index is 2.11. The second-order valence-corrected chi connectivity index (χ2v) is 8.59. The highest BCUT2D eigenvalue weighted by Gasteiger charge is 2.47. The van der Waals surface area contributed by atoms with E-state index < -0.39 is 60.4 Å². The van der Waals surface area contributed by atoms with Gasteiger partial charge in [0.25, 0.3) is 0 Å². The van der Waals surface area contributed by atoms with Crippen LogP contribution in [0.25, 0.3) is 0 Å². The highest BCUT2D eigenvalue weighted by molar-refractivity contribution is 6.12. The van der Waals surface area contributed by atoms with Crippen LogP contribution >= 0.6 is 0 Å². The number of rotatable bonds is 7. The third kappa shape index (κ3) is 5.80. The summed E-state index contributed by atoms with van der Waals surface area (Å²) >= 11 is 0. The summed E-state index contributed by atoms with van der Waals surface area (Å²) in [6, 6.07) is 0. The lowest BCUT2D eigenvalue weighted by Gasteiger charge is -2.41. The molecule has 1 fully saturated rings. The number of carboxylic acid groups (broad SMARTS) is 1. The van der Waals surface area contributed by atoms with Crippen molar-refractivity contribution in [1.82, 2.24) is 0 Å². The van der Waals surface area contributed by atoms with E-state index >= 15 is 0 Å². The Morgan fingerprint density at radius 3 is 2.38 bits per heavy atom. The molecule has 0 bridgehead atoms. The Morgan fingerprint density at radius 2 is 1.78 bits per heavy atom. The van der Waals surface area contributed by atoms with E-state index in [1.54, 1.807) is 13.8 Å². The summed E-state index contributed by atoms with van der Waals surface area (Å²) in [4.78, 5) is 47.4. The lowest BCUT2D eigenvalue weighted by atomic mass is 9.75. The van der Waals surface area contributed by atoms with Crippen LogP contribution in [0.15, 0.2) is 23.0 Å². The normalized spacial score (nSPS) is 30.8. The van der Waals surface area contributed by atoms with Gasteiger partial charge in [-0.05, 0) is 13.8 Å². The van der Waals surface area contributed by atoms with Gasteiger partial charge in [-0.2, -0.15) is 0 Å². The van der Waals surface area contributed by atoms with Crippen LogP contribution in [0.1, 0.15) is 40.5 Å². The molecule has 0 aromatic rings. The van der Waals surface area contributed by atoms with Crippen molar-refractivity contribution in [3.05, 3.63) is 23.0 Å². The molecule has 0 aromatic heterocycles. The van der Waals surface area contributed by atoms with Crippen LogP contribution in [-0.2, 0) is 33.4 Å². The summed E-state index contributed by atoms with van der Waals surface area (Å²) < 4.78 is 15.8. The first kappa shape index (κ1) is 25.7. The molecule has 2 aliphatic rings. The first-order valence-corrected chi connectivity index (χ1v) is 9.95. The minimum absolute atomic E-state index is 0.0460. The predicted octanol–water partition coefficient (Wildman–Crippen LogP) is -0.383. The van der Waals surface area contributed by atoms with Gasteiger partial charge < -0.3 is 34.6 Å². The molecule has 11 heteroatoms. The summed E-state index contributed by atoms with van der Waals surface area (Å²) in [5.74, 6) is -3.12. The van der Waals surface area contributed by atoms with Gasteiger partial charge in [-0.1, -0.05) is 19.4 Å². The minimum Gasteiger partial charge on any atom is -0.481 e. The predicted molar refractivity (Wildman–Crippen MR) is 106 cm³/mol. The van der Waals surface area contributed by atoms with E-state index in [2.05, 4.69) is 0 Å². The molecule has 1 heterocycles. The highest BCUT2D eigenvalue weighted by atomic mass is 16.7. The van der Waals surface area contributed by atoms with Crippen molar-refractivity contribution in [2.24, 2.45) is 5.41 Å². The lowest BCUT2D eigenvalue weighted by molar-refractivity contribution is -0.291. The summed E-state index contributed by atoms with van der Waals surface area (Å²) in [7, 11) is 0. The monoisotopic (exact) mass is 456 g/mol. The van der Waals surface area contributed by atoms with Crippen LogP contribution in [0.2, 0.25) is 0 Å². The number of allylic oxidation sites excluding steroid dienone is 2. The van der Waals surface area contributed by atoms with Crippen molar-refractivity contribution in [2.45, 2.75) is 71.2 Å². The van der Waals surface area contributed by atoms with Crippen molar-refractivity contribution >= 4 is 23.5 Å². The molecule has 4 N–H and O–H groups in total. The molecule has 0 amide bonds. The van der Waals surface area contributed by atoms with Crippen LogP contribution in [-0.4, -0.2) is 81.2 Å². The van der Waals surface area contributed by atoms with Gasteiger partial charge in [-0.3, -0.25) is 14.4 Å². The van der Waals surface area contributed by atoms with Gasteiger partial charge in [-0.25, -0.2) is 4.79 Å². The van der Waals surface area contributed by atoms with Crippen LogP contribution in [0, 0.1) is 5.41 Å². The highest BCUT2D eigenvalue weighted by Crippen LogP contribution is 2.35. The summed E-state index contributed by atoms with van der Waals surface area (Å²) in [6.07, 6.45) is -7.64. The standard InChI is InChI=1S/C21H28O11/c1-9(5-13(23)24)6-14(25)30-8-12-15(26)16(27)17(28)20(31-12)32-18-10(2)19(29)21(3,4)7-11(18)22/h6,12,15-17,20,26-28H,5,7-8H2,1-4H3,(H,23,24). The largest absolute Gasteiger partial charge is 0.481 e. The average molecular weight is 456 g/mol. The van der Waals surface area contributed by atoms with E-state index in [-0.39, 0.29) is 35.5 Å². The van der Waals surface area contributed by atoms with E-state index in [4.69, 9.17) is 19.3 Å². The minimum atomic E-state index is -1.76. The second kappa shape index (κ2) is 9.90. The molecule has 178 valence electrons. The van der Waals surface area contributed by atoms with Gasteiger partial charge in [0.05, 0.1) is 6.42 Å². The molecule has 5 atom stereocenters. The maximum atomic E-state index is 12.5. The van der Waals surface area contributed by atoms with Crippen LogP contribution < -0.4 is 0 Å². The number of carboxylic acids is 1. The van der Waals surface area contributed by atoms with Gasteiger partial charge in [0.15, 0.2) is 17.3 Å². The molecule has 1 aliphatic heterocycles. The zero-order valence-corrected chi connectivity index (χ0v) is 18.2. The number of aliphatic carboxylic acids is 1. The molecule has 0 aromatic carbocycles. The topological polar surface area (TPSA) is 177 Å². The Hall–Kier alpha value is -2.60. The lowest BCUT2D eigenvalue weighted by Crippen LogP contribution is -2.59. The second-order valence-electron chi connectivity index (χ2n) is 8.59. The molecule has 1 aliphatic carbocycles. The number of aliphatic hydroxyl groups is 3. The number of hydrogen-bond donors (Lipinski definition) is 4. The van der Waals surface area contributed by atoms with Crippen molar-refractivity contribution in [1.29, 1.82) is 0 Å². The van der Waals surface area contributed by atoms with E-state index in [0.717, 1.165) is 6.08 Å². The Bertz CT molecular complexity index is 854. The zero-order chi connectivity index (χ0) is 24.4. The summed E-state index contributed by atoms with van der Waals surface area (Å²) in [5.41, 5.74) is -0.626. The Labute approximate surface area is 184 Å². The average Bonchev–Trinajstić information content (AvgIpc) is 2.67. The van der Waals surface area contributed by atoms with Gasteiger partial charge in [0.1, 0.15) is 31.0 Å². The number of aliphatic hydroxyl groups excluding tert-OH is 3. The number of ketones is 2. The fraction of sp³-hybridized carbons (Fsp3) is 0.619. The number of hydrogen-bond acceptors (Lipinski definition) is 10. The third-order valence-corrected chi connectivity index (χ3v) is 5.24. The van der Waals surface area contributed by atoms with E-state index in [1.165, 1.54) is 13.8 Å². The number of Topliss-reactive ketones (excluding diaryl/α,β-unsaturated/α-hetero) is 2. The SMILES string of the molecule is CC(=CC(=O)OCC1OC(OC2=C(C)C(=O)C(C)(C)CC2=O)C(O)C(O)C1O)CC(=O)O. The molecule has 0 radical (unpaired) electrons. The molecule has 2 rings (SSSR count). The summed E-state index contributed by atoms with van der Waals surface area (Å²) in [6.45, 7) is 5.51. The molecule has 5 unspecified atom stereocenters. The van der Waals surface area contributed by atoms with E-state index in [0.29, 0.717) is 0 Å². The number of ether oxygens (including phenoxy) is 3. The fourth-order valence-corrected chi connectivity index (χ4v) is 3.50. The van der Waals surface area contributed by atoms with Gasteiger partial charge in [0, 0.05) is 23.5 Å². The summed E-state index contributed by atoms with van der Waals surface area (Å²) in [5, 5.41) is 39.2. The first-order chi connectivity index (χ1) is 14.7. The maximum absolute atomic E-state index is 12.5. The van der Waals surface area contributed by atoms with Gasteiger partial charge >= 0.3 is 11.9 Å². The van der Waals surface area contributed by atoms with Crippen molar-refractivity contribution in [3.8, 4) is 0 Å². The van der Waals surface area contributed by atoms with E-state index in [9.17, 15) is 34.5 Å². The molecule has 11 nitrogen and oxygen atoms in total. The van der Waals surface area contributed by atoms with Crippen LogP contribution in [0.5, 0.6) is 0 Å². The number of carbonyl (C=O) groups is 4. The van der Waals surface area contributed by atoms with Crippen molar-refractivity contribution in [2.75, 3.05) is 6.61 Å². The van der Waals surface area contributed by atoms with Crippen LogP contribution in [0.4, 0.5) is 0 Å². The Kier molecular flexibility index (Phi) is 7.94. The van der Waals surface area contributed by atoms with Gasteiger partial charge in [0.2, 0.25) is 6.29 Å². The molecule has 0 saturated carbocycles. The maximum Gasteiger partial charge on any atom is 0.330 e. The zero-order valence-electron chi connectivity index (χ0n) is 18.2. The number of carbonyl (C=O) groups excluding carboxylic acids is 3. The Morgan fingerprint density at radius 1 is 1.16 bits per heavy atom. The third-order valence-electron chi connectivity index (χ3n) is 5.24. The van der Waals surface area contributed by atoms with E-state index in [1.807, 2.05) is 0 Å². The molecule has 1 saturated heterocycles. The quantitative estimate of drug-likeness (QED) is 0.290. The van der Waals surface area contributed by atoms with Gasteiger partial charge in [-0.15, -0.1) is 0 Å². The smallest absolute Gasteiger partial charge is 0.330 e. The molecule has 0 spiro atoms. The number of esters is 1. The first-order valence-electron chi connectivity index (χ1n) is 9.95. The molecular formula is C21H28O11. The molecular weight excluding hydrogens is 428 g/mol. The fourth-order valence-electron chi connectivity index (χ4n) is 3.50. The van der Waals surface area contributed by atoms with Crippen molar-refractivity contribution < 1.29 is 53.8 Å². The van der Waals surface area contributed by atoms with Crippen molar-refractivity contribution in [3.63, 3.8) is 0 Å².